The number of amides is 2. The largest absolute Gasteiger partial charge is 0.346 e. The van der Waals surface area contributed by atoms with Gasteiger partial charge in [0.1, 0.15) is 0 Å². The first-order valence-electron chi connectivity index (χ1n) is 7.60. The lowest BCUT2D eigenvalue weighted by atomic mass is 9.79. The second kappa shape index (κ2) is 7.07. The SMILES string of the molecule is CCC1(C)CCCN(C(=O)CNC(=O)[C@@H](N)C(C)C)C1. The quantitative estimate of drug-likeness (QED) is 0.794. The highest BCUT2D eigenvalue weighted by Crippen LogP contribution is 2.32. The summed E-state index contributed by atoms with van der Waals surface area (Å²) in [5, 5.41) is 2.65. The number of nitrogens with two attached hydrogens (primary N) is 1. The number of nitrogens with one attached hydrogen (secondary N) is 1. The van der Waals surface area contributed by atoms with Crippen molar-refractivity contribution >= 4 is 11.8 Å². The summed E-state index contributed by atoms with van der Waals surface area (Å²) in [5.41, 5.74) is 5.97. The van der Waals surface area contributed by atoms with Gasteiger partial charge < -0.3 is 16.0 Å². The summed E-state index contributed by atoms with van der Waals surface area (Å²) < 4.78 is 0. The van der Waals surface area contributed by atoms with E-state index in [1.54, 1.807) is 0 Å². The van der Waals surface area contributed by atoms with Gasteiger partial charge in [0.2, 0.25) is 11.8 Å². The van der Waals surface area contributed by atoms with Crippen LogP contribution in [0.1, 0.15) is 47.0 Å². The smallest absolute Gasteiger partial charge is 0.241 e. The van der Waals surface area contributed by atoms with Gasteiger partial charge in [0.05, 0.1) is 12.6 Å². The normalized spacial score (nSPS) is 24.6. The van der Waals surface area contributed by atoms with Crippen LogP contribution < -0.4 is 11.1 Å². The zero-order valence-corrected chi connectivity index (χ0v) is 13.2. The van der Waals surface area contributed by atoms with Crippen molar-refractivity contribution in [1.82, 2.24) is 10.2 Å². The third-order valence-electron chi connectivity index (χ3n) is 4.42. The maximum absolute atomic E-state index is 12.2. The van der Waals surface area contributed by atoms with Gasteiger partial charge in [-0.3, -0.25) is 9.59 Å². The topological polar surface area (TPSA) is 75.4 Å². The Morgan fingerprint density at radius 2 is 2.05 bits per heavy atom. The lowest BCUT2D eigenvalue weighted by Gasteiger charge is -2.40. The van der Waals surface area contributed by atoms with E-state index < -0.39 is 6.04 Å². The Balaban J connectivity index is 2.45. The van der Waals surface area contributed by atoms with Crippen molar-refractivity contribution in [2.24, 2.45) is 17.1 Å². The van der Waals surface area contributed by atoms with E-state index in [0.717, 1.165) is 32.4 Å². The second-order valence-electron chi connectivity index (χ2n) is 6.57. The molecule has 5 heteroatoms. The molecule has 0 radical (unpaired) electrons. The molecule has 1 fully saturated rings. The van der Waals surface area contributed by atoms with Crippen molar-refractivity contribution in [2.75, 3.05) is 19.6 Å². The molecule has 116 valence electrons. The summed E-state index contributed by atoms with van der Waals surface area (Å²) >= 11 is 0. The summed E-state index contributed by atoms with van der Waals surface area (Å²) in [4.78, 5) is 25.8. The fourth-order valence-corrected chi connectivity index (χ4v) is 2.51. The van der Waals surface area contributed by atoms with Crippen LogP contribution in [-0.2, 0) is 9.59 Å². The molecular weight excluding hydrogens is 254 g/mol. The number of carbonyl (C=O) groups is 2. The van der Waals surface area contributed by atoms with E-state index in [2.05, 4.69) is 19.2 Å². The Morgan fingerprint density at radius 1 is 1.40 bits per heavy atom. The summed E-state index contributed by atoms with van der Waals surface area (Å²) in [6.07, 6.45) is 3.27. The molecule has 0 saturated carbocycles. The maximum atomic E-state index is 12.2. The Morgan fingerprint density at radius 3 is 2.60 bits per heavy atom. The van der Waals surface area contributed by atoms with Crippen LogP contribution in [0.5, 0.6) is 0 Å². The van der Waals surface area contributed by atoms with Crippen LogP contribution in [-0.4, -0.2) is 42.4 Å². The Labute approximate surface area is 122 Å². The molecule has 1 aliphatic heterocycles. The molecule has 0 aromatic heterocycles. The first kappa shape index (κ1) is 17.0. The monoisotopic (exact) mass is 283 g/mol. The zero-order chi connectivity index (χ0) is 15.3. The van der Waals surface area contributed by atoms with Crippen molar-refractivity contribution in [2.45, 2.75) is 53.0 Å². The van der Waals surface area contributed by atoms with Gasteiger partial charge in [-0.15, -0.1) is 0 Å². The lowest BCUT2D eigenvalue weighted by Crippen LogP contribution is -2.51. The average molecular weight is 283 g/mol. The molecule has 20 heavy (non-hydrogen) atoms. The minimum atomic E-state index is -0.551. The van der Waals surface area contributed by atoms with E-state index in [-0.39, 0.29) is 29.7 Å². The van der Waals surface area contributed by atoms with Crippen molar-refractivity contribution in [3.05, 3.63) is 0 Å². The second-order valence-corrected chi connectivity index (χ2v) is 6.57. The van der Waals surface area contributed by atoms with E-state index in [4.69, 9.17) is 5.73 Å². The summed E-state index contributed by atoms with van der Waals surface area (Å²) in [6.45, 7) is 9.80. The lowest BCUT2D eigenvalue weighted by molar-refractivity contribution is -0.136. The van der Waals surface area contributed by atoms with Crippen LogP contribution in [0, 0.1) is 11.3 Å². The van der Waals surface area contributed by atoms with Crippen LogP contribution in [0.2, 0.25) is 0 Å². The van der Waals surface area contributed by atoms with Gasteiger partial charge in [-0.05, 0) is 30.6 Å². The molecule has 0 aromatic rings. The molecule has 0 aromatic carbocycles. The third kappa shape index (κ3) is 4.47. The number of hydrogen-bond acceptors (Lipinski definition) is 3. The molecule has 5 nitrogen and oxygen atoms in total. The van der Waals surface area contributed by atoms with E-state index >= 15 is 0 Å². The van der Waals surface area contributed by atoms with Crippen LogP contribution in [0.25, 0.3) is 0 Å². The van der Waals surface area contributed by atoms with Crippen LogP contribution >= 0.6 is 0 Å². The number of hydrogen-bond donors (Lipinski definition) is 2. The van der Waals surface area contributed by atoms with E-state index in [1.807, 2.05) is 18.7 Å². The van der Waals surface area contributed by atoms with Gasteiger partial charge in [0.25, 0.3) is 0 Å². The van der Waals surface area contributed by atoms with Crippen molar-refractivity contribution in [1.29, 1.82) is 0 Å². The number of likely N-dealkylation sites (tertiary alicyclic amines) is 1. The van der Waals surface area contributed by atoms with Gasteiger partial charge in [-0.25, -0.2) is 0 Å². The van der Waals surface area contributed by atoms with Gasteiger partial charge >= 0.3 is 0 Å². The van der Waals surface area contributed by atoms with E-state index in [0.29, 0.717) is 0 Å². The summed E-state index contributed by atoms with van der Waals surface area (Å²) in [5.74, 6) is -0.180. The molecule has 1 unspecified atom stereocenters. The molecule has 1 rings (SSSR count). The van der Waals surface area contributed by atoms with E-state index in [1.165, 1.54) is 0 Å². The first-order chi connectivity index (χ1) is 9.29. The average Bonchev–Trinajstić information content (AvgIpc) is 2.43. The highest BCUT2D eigenvalue weighted by atomic mass is 16.2. The summed E-state index contributed by atoms with van der Waals surface area (Å²) in [6, 6.07) is -0.551. The minimum absolute atomic E-state index is 0.00585. The van der Waals surface area contributed by atoms with Crippen molar-refractivity contribution in [3.8, 4) is 0 Å². The predicted octanol–water partition coefficient (Wildman–Crippen LogP) is 1.12. The number of nitrogens with zero attached hydrogens (tertiary/aromatic N) is 1. The van der Waals surface area contributed by atoms with Crippen LogP contribution in [0.15, 0.2) is 0 Å². The van der Waals surface area contributed by atoms with Gasteiger partial charge in [0, 0.05) is 13.1 Å². The summed E-state index contributed by atoms with van der Waals surface area (Å²) in [7, 11) is 0. The Hall–Kier alpha value is -1.10. The molecule has 1 aliphatic rings. The van der Waals surface area contributed by atoms with Gasteiger partial charge in [0.15, 0.2) is 0 Å². The molecule has 2 amide bonds. The fourth-order valence-electron chi connectivity index (χ4n) is 2.51. The fraction of sp³-hybridized carbons (Fsp3) is 0.867. The molecule has 1 heterocycles. The van der Waals surface area contributed by atoms with Crippen molar-refractivity contribution in [3.63, 3.8) is 0 Å². The molecule has 2 atom stereocenters. The van der Waals surface area contributed by atoms with Crippen LogP contribution in [0.3, 0.4) is 0 Å². The highest BCUT2D eigenvalue weighted by molar-refractivity contribution is 5.87. The Bertz CT molecular complexity index is 357. The zero-order valence-electron chi connectivity index (χ0n) is 13.2. The molecule has 0 aliphatic carbocycles. The Kier molecular flexibility index (Phi) is 5.99. The van der Waals surface area contributed by atoms with Gasteiger partial charge in [-0.2, -0.15) is 0 Å². The molecule has 0 spiro atoms. The number of rotatable bonds is 5. The standard InChI is InChI=1S/C15H29N3O2/c1-5-15(4)7-6-8-18(10-15)12(19)9-17-14(20)13(16)11(2)3/h11,13H,5-10,16H2,1-4H3,(H,17,20)/t13-,15?/m0/s1. The first-order valence-corrected chi connectivity index (χ1v) is 7.60. The molecule has 0 bridgehead atoms. The minimum Gasteiger partial charge on any atom is -0.346 e. The number of carbonyl (C=O) groups excluding carboxylic acids is 2. The number of piperidine rings is 1. The van der Waals surface area contributed by atoms with Crippen molar-refractivity contribution < 1.29 is 9.59 Å². The molecular formula is C15H29N3O2. The maximum Gasteiger partial charge on any atom is 0.241 e. The highest BCUT2D eigenvalue weighted by Gasteiger charge is 2.31. The molecule has 1 saturated heterocycles. The van der Waals surface area contributed by atoms with E-state index in [9.17, 15) is 9.59 Å². The third-order valence-corrected chi connectivity index (χ3v) is 4.42. The predicted molar refractivity (Wildman–Crippen MR) is 80.0 cm³/mol. The van der Waals surface area contributed by atoms with Gasteiger partial charge in [-0.1, -0.05) is 27.7 Å². The van der Waals surface area contributed by atoms with Crippen LogP contribution in [0.4, 0.5) is 0 Å². The molecule has 3 N–H and O–H groups in total.